The van der Waals surface area contributed by atoms with Crippen molar-refractivity contribution in [1.82, 2.24) is 9.80 Å². The summed E-state index contributed by atoms with van der Waals surface area (Å²) in [7, 11) is 0. The van der Waals surface area contributed by atoms with E-state index in [1.807, 2.05) is 53.4 Å². The van der Waals surface area contributed by atoms with Gasteiger partial charge in [0.15, 0.2) is 0 Å². The van der Waals surface area contributed by atoms with Crippen LogP contribution in [0.3, 0.4) is 0 Å². The third-order valence-corrected chi connectivity index (χ3v) is 7.88. The molecule has 6 heteroatoms. The van der Waals surface area contributed by atoms with E-state index in [1.165, 1.54) is 16.0 Å². The van der Waals surface area contributed by atoms with E-state index in [-0.39, 0.29) is 30.4 Å². The molecule has 1 unspecified atom stereocenters. The van der Waals surface area contributed by atoms with Crippen molar-refractivity contribution >= 4 is 34.8 Å². The van der Waals surface area contributed by atoms with Crippen molar-refractivity contribution in [2.45, 2.75) is 44.7 Å². The Hall–Kier alpha value is -2.63. The van der Waals surface area contributed by atoms with E-state index in [0.29, 0.717) is 17.1 Å². The second-order valence-electron chi connectivity index (χ2n) is 8.81. The molecule has 2 heterocycles. The van der Waals surface area contributed by atoms with Gasteiger partial charge in [0.25, 0.3) is 5.91 Å². The van der Waals surface area contributed by atoms with Crippen LogP contribution >= 0.6 is 22.9 Å². The predicted octanol–water partition coefficient (Wildman–Crippen LogP) is 5.74. The number of carbonyl (C=O) groups excluding carboxylic acids is 2. The molecule has 2 amide bonds. The average Bonchev–Trinajstić information content (AvgIpc) is 3.57. The van der Waals surface area contributed by atoms with Gasteiger partial charge in [-0.2, -0.15) is 0 Å². The second kappa shape index (κ2) is 9.32. The van der Waals surface area contributed by atoms with Gasteiger partial charge in [0.2, 0.25) is 5.91 Å². The summed E-state index contributed by atoms with van der Waals surface area (Å²) >= 11 is 7.87. The molecule has 1 atom stereocenters. The van der Waals surface area contributed by atoms with Gasteiger partial charge in [0.1, 0.15) is 6.54 Å². The summed E-state index contributed by atoms with van der Waals surface area (Å²) in [6.07, 6.45) is 3.70. The SMILES string of the molecule is CCc1ccc(C(=O)N(CC(=O)N2CCc3sccc3C2c2ccc(Cl)cc2)C2CC2)cc1. The van der Waals surface area contributed by atoms with Crippen LogP contribution < -0.4 is 0 Å². The van der Waals surface area contributed by atoms with Crippen LogP contribution in [0, 0.1) is 0 Å². The Balaban J connectivity index is 1.40. The molecule has 1 aliphatic carbocycles. The first-order valence-corrected chi connectivity index (χ1v) is 12.8. The highest BCUT2D eigenvalue weighted by Crippen LogP contribution is 2.38. The van der Waals surface area contributed by atoms with E-state index in [0.717, 1.165) is 31.2 Å². The van der Waals surface area contributed by atoms with E-state index < -0.39 is 0 Å². The molecule has 1 fully saturated rings. The number of rotatable bonds is 6. The fourth-order valence-electron chi connectivity index (χ4n) is 4.63. The number of halogens is 1. The maximum absolute atomic E-state index is 13.7. The van der Waals surface area contributed by atoms with E-state index in [2.05, 4.69) is 18.4 Å². The zero-order valence-corrected chi connectivity index (χ0v) is 20.2. The smallest absolute Gasteiger partial charge is 0.254 e. The molecule has 1 aliphatic heterocycles. The maximum atomic E-state index is 13.7. The minimum absolute atomic E-state index is 0.00257. The lowest BCUT2D eigenvalue weighted by Gasteiger charge is -2.37. The fraction of sp³-hybridized carbons (Fsp3) is 0.333. The van der Waals surface area contributed by atoms with E-state index in [1.54, 1.807) is 16.2 Å². The number of hydrogen-bond acceptors (Lipinski definition) is 3. The maximum Gasteiger partial charge on any atom is 0.254 e. The van der Waals surface area contributed by atoms with Crippen molar-refractivity contribution in [1.29, 1.82) is 0 Å². The van der Waals surface area contributed by atoms with Gasteiger partial charge >= 0.3 is 0 Å². The molecule has 0 radical (unpaired) electrons. The summed E-state index contributed by atoms with van der Waals surface area (Å²) < 4.78 is 0. The molecule has 4 nitrogen and oxygen atoms in total. The Labute approximate surface area is 203 Å². The van der Waals surface area contributed by atoms with Crippen LogP contribution in [0.5, 0.6) is 0 Å². The molecule has 0 N–H and O–H groups in total. The number of hydrogen-bond donors (Lipinski definition) is 0. The molecule has 170 valence electrons. The number of fused-ring (bicyclic) bond motifs is 1. The average molecular weight is 479 g/mol. The Morgan fingerprint density at radius 3 is 2.45 bits per heavy atom. The zero-order chi connectivity index (χ0) is 22.9. The Bertz CT molecular complexity index is 1150. The molecule has 0 bridgehead atoms. The van der Waals surface area contributed by atoms with Crippen molar-refractivity contribution in [3.8, 4) is 0 Å². The number of carbonyl (C=O) groups is 2. The summed E-state index contributed by atoms with van der Waals surface area (Å²) in [5.41, 5.74) is 4.08. The summed E-state index contributed by atoms with van der Waals surface area (Å²) in [6, 6.07) is 17.6. The highest BCUT2D eigenvalue weighted by molar-refractivity contribution is 7.10. The van der Waals surface area contributed by atoms with Crippen molar-refractivity contribution in [2.24, 2.45) is 0 Å². The standard InChI is InChI=1S/C27H27ClN2O2S/c1-2-18-3-5-20(6-4-18)27(32)30(22-11-12-22)17-25(31)29-15-13-24-23(14-16-33-24)26(29)19-7-9-21(28)10-8-19/h3-10,14,16,22,26H,2,11-13,15,17H2,1H3. The highest BCUT2D eigenvalue weighted by Gasteiger charge is 2.38. The van der Waals surface area contributed by atoms with E-state index in [4.69, 9.17) is 11.6 Å². The summed E-state index contributed by atoms with van der Waals surface area (Å²) in [6.45, 7) is 2.86. The number of benzene rings is 2. The van der Waals surface area contributed by atoms with Crippen LogP contribution in [-0.4, -0.2) is 40.7 Å². The highest BCUT2D eigenvalue weighted by atomic mass is 35.5. The van der Waals surface area contributed by atoms with Gasteiger partial charge in [-0.25, -0.2) is 0 Å². The minimum Gasteiger partial charge on any atom is -0.330 e. The number of thiophene rings is 1. The van der Waals surface area contributed by atoms with Crippen LogP contribution in [0.15, 0.2) is 60.0 Å². The summed E-state index contributed by atoms with van der Waals surface area (Å²) in [5, 5.41) is 2.78. The molecule has 33 heavy (non-hydrogen) atoms. The van der Waals surface area contributed by atoms with Gasteiger partial charge < -0.3 is 9.80 Å². The number of amides is 2. The van der Waals surface area contributed by atoms with Gasteiger partial charge in [0.05, 0.1) is 6.04 Å². The molecule has 1 aromatic heterocycles. The lowest BCUT2D eigenvalue weighted by atomic mass is 9.93. The number of aryl methyl sites for hydroxylation is 1. The van der Waals surface area contributed by atoms with Gasteiger partial charge in [-0.05, 0) is 78.1 Å². The van der Waals surface area contributed by atoms with Crippen molar-refractivity contribution in [2.75, 3.05) is 13.1 Å². The lowest BCUT2D eigenvalue weighted by molar-refractivity contribution is -0.134. The largest absolute Gasteiger partial charge is 0.330 e. The number of nitrogens with zero attached hydrogens (tertiary/aromatic N) is 2. The molecular formula is C27H27ClN2O2S. The predicted molar refractivity (Wildman–Crippen MR) is 133 cm³/mol. The summed E-state index contributed by atoms with van der Waals surface area (Å²) in [5.74, 6) is -0.0537. The molecule has 5 rings (SSSR count). The van der Waals surface area contributed by atoms with E-state index >= 15 is 0 Å². The Morgan fingerprint density at radius 1 is 1.06 bits per heavy atom. The third-order valence-electron chi connectivity index (χ3n) is 6.64. The van der Waals surface area contributed by atoms with Gasteiger partial charge in [-0.15, -0.1) is 11.3 Å². The summed E-state index contributed by atoms with van der Waals surface area (Å²) in [4.78, 5) is 32.1. The van der Waals surface area contributed by atoms with Crippen LogP contribution in [0.2, 0.25) is 5.02 Å². The first-order chi connectivity index (χ1) is 16.0. The van der Waals surface area contributed by atoms with Gasteiger partial charge in [-0.3, -0.25) is 9.59 Å². The van der Waals surface area contributed by atoms with Crippen LogP contribution in [0.1, 0.15) is 57.7 Å². The van der Waals surface area contributed by atoms with Crippen LogP contribution in [-0.2, 0) is 17.6 Å². The topological polar surface area (TPSA) is 40.6 Å². The quantitative estimate of drug-likeness (QED) is 0.453. The van der Waals surface area contributed by atoms with Crippen molar-refractivity contribution < 1.29 is 9.59 Å². The van der Waals surface area contributed by atoms with Crippen LogP contribution in [0.25, 0.3) is 0 Å². The molecule has 2 aliphatic rings. The monoisotopic (exact) mass is 478 g/mol. The molecule has 0 spiro atoms. The molecular weight excluding hydrogens is 452 g/mol. The van der Waals surface area contributed by atoms with Crippen molar-refractivity contribution in [3.63, 3.8) is 0 Å². The second-order valence-corrected chi connectivity index (χ2v) is 10.2. The minimum atomic E-state index is -0.148. The Morgan fingerprint density at radius 2 is 1.79 bits per heavy atom. The molecule has 3 aromatic rings. The van der Waals surface area contributed by atoms with Crippen molar-refractivity contribution in [3.05, 3.63) is 92.1 Å². The third kappa shape index (κ3) is 4.57. The normalized spacial score (nSPS) is 17.5. The van der Waals surface area contributed by atoms with Gasteiger partial charge in [0, 0.05) is 28.0 Å². The first-order valence-electron chi connectivity index (χ1n) is 11.6. The van der Waals surface area contributed by atoms with E-state index in [9.17, 15) is 9.59 Å². The first kappa shape index (κ1) is 22.2. The zero-order valence-electron chi connectivity index (χ0n) is 18.7. The lowest BCUT2D eigenvalue weighted by Crippen LogP contribution is -2.47. The van der Waals surface area contributed by atoms with Gasteiger partial charge in [-0.1, -0.05) is 42.8 Å². The van der Waals surface area contributed by atoms with Crippen LogP contribution in [0.4, 0.5) is 0 Å². The molecule has 2 aromatic carbocycles. The fourth-order valence-corrected chi connectivity index (χ4v) is 5.66. The molecule has 0 saturated heterocycles. The molecule has 1 saturated carbocycles. The Kier molecular flexibility index (Phi) is 6.26.